The van der Waals surface area contributed by atoms with Crippen LogP contribution in [0.25, 0.3) is 82.8 Å². The number of furan rings is 1. The maximum Gasteiger partial charge on any atom is 0.143 e. The van der Waals surface area contributed by atoms with Gasteiger partial charge in [-0.2, -0.15) is 0 Å². The second-order valence-corrected chi connectivity index (χ2v) is 14.5. The average molecular weight is 729 g/mol. The second kappa shape index (κ2) is 13.6. The number of fused-ring (bicyclic) bond motifs is 6. The van der Waals surface area contributed by atoms with Gasteiger partial charge in [-0.05, 0) is 77.4 Å². The van der Waals surface area contributed by atoms with Crippen molar-refractivity contribution in [2.45, 2.75) is 0 Å². The van der Waals surface area contributed by atoms with E-state index in [4.69, 9.17) is 4.42 Å². The molecule has 11 aromatic rings. The van der Waals surface area contributed by atoms with Gasteiger partial charge in [-0.15, -0.1) is 0 Å². The monoisotopic (exact) mass is 728 g/mol. The Bertz CT molecular complexity index is 3180. The van der Waals surface area contributed by atoms with Crippen molar-refractivity contribution in [1.29, 1.82) is 0 Å². The van der Waals surface area contributed by atoms with Gasteiger partial charge in [-0.1, -0.05) is 158 Å². The van der Waals surface area contributed by atoms with Gasteiger partial charge in [0.1, 0.15) is 11.2 Å². The third-order valence-electron chi connectivity index (χ3n) is 11.2. The van der Waals surface area contributed by atoms with Crippen LogP contribution in [0.1, 0.15) is 0 Å². The first-order valence-electron chi connectivity index (χ1n) is 19.4. The van der Waals surface area contributed by atoms with Gasteiger partial charge in [0.05, 0.1) is 22.4 Å². The second-order valence-electron chi connectivity index (χ2n) is 14.5. The Hall–Kier alpha value is -7.62. The topological polar surface area (TPSA) is 21.3 Å². The van der Waals surface area contributed by atoms with Gasteiger partial charge in [0.15, 0.2) is 0 Å². The highest BCUT2D eigenvalue weighted by atomic mass is 16.3. The van der Waals surface area contributed by atoms with E-state index in [1.807, 2.05) is 6.07 Å². The molecule has 2 aromatic heterocycles. The van der Waals surface area contributed by atoms with Crippen molar-refractivity contribution in [2.75, 3.05) is 4.90 Å². The lowest BCUT2D eigenvalue weighted by Crippen LogP contribution is -2.11. The van der Waals surface area contributed by atoms with E-state index < -0.39 is 0 Å². The zero-order chi connectivity index (χ0) is 37.7. The molecule has 0 aliphatic carbocycles. The van der Waals surface area contributed by atoms with Gasteiger partial charge in [0.2, 0.25) is 0 Å². The van der Waals surface area contributed by atoms with Crippen LogP contribution >= 0.6 is 0 Å². The number of hydrogen-bond acceptors (Lipinski definition) is 2. The minimum absolute atomic E-state index is 0.865. The Morgan fingerprint density at radius 2 is 0.930 bits per heavy atom. The van der Waals surface area contributed by atoms with Crippen molar-refractivity contribution in [2.24, 2.45) is 0 Å². The largest absolute Gasteiger partial charge is 0.455 e. The number of hydrogen-bond donors (Lipinski definition) is 0. The number of para-hydroxylation sites is 5. The van der Waals surface area contributed by atoms with E-state index in [1.165, 1.54) is 32.9 Å². The third-order valence-corrected chi connectivity index (χ3v) is 11.2. The molecule has 11 rings (SSSR count). The molecule has 0 unspecified atom stereocenters. The van der Waals surface area contributed by atoms with E-state index >= 15 is 0 Å². The third kappa shape index (κ3) is 5.51. The SMILES string of the molecule is c1ccc(-c2ccc(N(c3ccccc3)c3cc(-c4ccccc4-n4c5ccccc5c5ccccc54)c4oc5ccccc5c4c3)c(-c3ccccc3)c2)cc1. The molecular formula is C54H36N2O. The molecule has 9 aromatic carbocycles. The van der Waals surface area contributed by atoms with E-state index in [0.29, 0.717) is 0 Å². The lowest BCUT2D eigenvalue weighted by atomic mass is 9.95. The fourth-order valence-corrected chi connectivity index (χ4v) is 8.61. The van der Waals surface area contributed by atoms with Crippen molar-refractivity contribution in [1.82, 2.24) is 4.57 Å². The van der Waals surface area contributed by atoms with Crippen LogP contribution in [-0.2, 0) is 0 Å². The maximum atomic E-state index is 6.86. The molecule has 0 amide bonds. The zero-order valence-electron chi connectivity index (χ0n) is 31.1. The molecule has 0 bridgehead atoms. The highest BCUT2D eigenvalue weighted by Crippen LogP contribution is 2.48. The van der Waals surface area contributed by atoms with Crippen LogP contribution < -0.4 is 4.90 Å². The molecule has 0 spiro atoms. The summed E-state index contributed by atoms with van der Waals surface area (Å²) < 4.78 is 9.27. The molecule has 0 radical (unpaired) electrons. The van der Waals surface area contributed by atoms with E-state index in [2.05, 4.69) is 222 Å². The molecule has 0 aliphatic rings. The van der Waals surface area contributed by atoms with E-state index in [-0.39, 0.29) is 0 Å². The summed E-state index contributed by atoms with van der Waals surface area (Å²) in [6, 6.07) is 78.1. The van der Waals surface area contributed by atoms with Gasteiger partial charge < -0.3 is 13.9 Å². The number of aromatic nitrogens is 1. The predicted molar refractivity (Wildman–Crippen MR) is 239 cm³/mol. The summed E-state index contributed by atoms with van der Waals surface area (Å²) in [7, 11) is 0. The molecule has 0 aliphatic heterocycles. The number of rotatable bonds is 7. The quantitative estimate of drug-likeness (QED) is 0.163. The lowest BCUT2D eigenvalue weighted by molar-refractivity contribution is 0.670. The van der Waals surface area contributed by atoms with E-state index in [9.17, 15) is 0 Å². The summed E-state index contributed by atoms with van der Waals surface area (Å²) in [5.41, 5.74) is 15.1. The molecule has 3 heteroatoms. The van der Waals surface area contributed by atoms with Crippen LogP contribution in [0.3, 0.4) is 0 Å². The van der Waals surface area contributed by atoms with Crippen LogP contribution in [0.5, 0.6) is 0 Å². The highest BCUT2D eigenvalue weighted by molar-refractivity contribution is 6.14. The van der Waals surface area contributed by atoms with Crippen molar-refractivity contribution in [3.8, 4) is 39.1 Å². The first-order valence-corrected chi connectivity index (χ1v) is 19.4. The Kier molecular flexibility index (Phi) is 7.82. The number of benzene rings is 9. The minimum Gasteiger partial charge on any atom is -0.455 e. The van der Waals surface area contributed by atoms with Gasteiger partial charge in [-0.25, -0.2) is 0 Å². The molecule has 268 valence electrons. The first-order chi connectivity index (χ1) is 28.3. The van der Waals surface area contributed by atoms with Crippen LogP contribution in [0.2, 0.25) is 0 Å². The van der Waals surface area contributed by atoms with Gasteiger partial charge in [-0.3, -0.25) is 0 Å². The molecule has 0 saturated heterocycles. The molecule has 0 N–H and O–H groups in total. The molecule has 0 fully saturated rings. The Balaban J connectivity index is 1.22. The normalized spacial score (nSPS) is 11.5. The molecule has 57 heavy (non-hydrogen) atoms. The molecule has 0 atom stereocenters. The molecular weight excluding hydrogens is 693 g/mol. The first kappa shape index (κ1) is 32.8. The summed E-state index contributed by atoms with van der Waals surface area (Å²) in [4.78, 5) is 2.41. The number of anilines is 3. The van der Waals surface area contributed by atoms with Gasteiger partial charge in [0.25, 0.3) is 0 Å². The van der Waals surface area contributed by atoms with Crippen LogP contribution in [-0.4, -0.2) is 4.57 Å². The Morgan fingerprint density at radius 3 is 1.65 bits per heavy atom. The van der Waals surface area contributed by atoms with Crippen LogP contribution in [0, 0.1) is 0 Å². The lowest BCUT2D eigenvalue weighted by Gasteiger charge is -2.29. The Morgan fingerprint density at radius 1 is 0.351 bits per heavy atom. The van der Waals surface area contributed by atoms with Crippen molar-refractivity contribution < 1.29 is 4.42 Å². The zero-order valence-corrected chi connectivity index (χ0v) is 31.1. The average Bonchev–Trinajstić information content (AvgIpc) is 3.83. The minimum atomic E-state index is 0.865. The smallest absolute Gasteiger partial charge is 0.143 e. The van der Waals surface area contributed by atoms with Crippen LogP contribution in [0.4, 0.5) is 17.1 Å². The maximum absolute atomic E-state index is 6.86. The van der Waals surface area contributed by atoms with Crippen molar-refractivity contribution >= 4 is 60.8 Å². The summed E-state index contributed by atoms with van der Waals surface area (Å²) >= 11 is 0. The summed E-state index contributed by atoms with van der Waals surface area (Å²) in [6.45, 7) is 0. The van der Waals surface area contributed by atoms with E-state index in [1.54, 1.807) is 0 Å². The molecule has 2 heterocycles. The molecule has 3 nitrogen and oxygen atoms in total. The van der Waals surface area contributed by atoms with Crippen molar-refractivity contribution in [3.05, 3.63) is 218 Å². The fourth-order valence-electron chi connectivity index (χ4n) is 8.61. The van der Waals surface area contributed by atoms with Gasteiger partial charge >= 0.3 is 0 Å². The van der Waals surface area contributed by atoms with Crippen molar-refractivity contribution in [3.63, 3.8) is 0 Å². The van der Waals surface area contributed by atoms with Gasteiger partial charge in [0, 0.05) is 49.6 Å². The summed E-state index contributed by atoms with van der Waals surface area (Å²) in [5, 5.41) is 4.61. The van der Waals surface area contributed by atoms with Crippen LogP contribution in [0.15, 0.2) is 223 Å². The predicted octanol–water partition coefficient (Wildman–Crippen LogP) is 15.2. The van der Waals surface area contributed by atoms with E-state index in [0.717, 1.165) is 66.9 Å². The summed E-state index contributed by atoms with van der Waals surface area (Å²) in [5.74, 6) is 0. The standard InChI is InChI=1S/C54H36N2O/c1-4-18-37(19-5-1)39-32-33-52(46(34-39)38-20-6-2-7-21-38)55(40-22-8-3-9-23-40)41-35-47(54-48(36-41)45-27-13-17-31-53(45)57-54)44-26-12-16-30-51(44)56-49-28-14-10-24-42(49)43-25-11-15-29-50(43)56/h1-36H. The molecule has 0 saturated carbocycles. The highest BCUT2D eigenvalue weighted by Gasteiger charge is 2.24. The number of nitrogens with zero attached hydrogens (tertiary/aromatic N) is 2. The summed E-state index contributed by atoms with van der Waals surface area (Å²) in [6.07, 6.45) is 0. The fraction of sp³-hybridized carbons (Fsp3) is 0. The Labute approximate surface area is 330 Å².